The number of carbonyl (C=O) groups is 6. The van der Waals surface area contributed by atoms with Gasteiger partial charge in [0.05, 0.1) is 11.8 Å². The molecule has 0 radical (unpaired) electrons. The molecule has 7 atom stereocenters. The molecule has 0 spiro atoms. The number of carboxylic acid groups (broad SMARTS) is 1. The number of unbranched alkanes of at least 4 members (excludes halogenated alkanes) is 1. The average molecular weight is 863 g/mol. The van der Waals surface area contributed by atoms with E-state index in [1.807, 2.05) is 19.9 Å². The van der Waals surface area contributed by atoms with Crippen LogP contribution in [0.2, 0.25) is 0 Å². The van der Waals surface area contributed by atoms with Gasteiger partial charge < -0.3 is 48.9 Å². The maximum absolute atomic E-state index is 14.0. The minimum Gasteiger partial charge on any atom is -0.480 e. The molecule has 0 aromatic heterocycles. The van der Waals surface area contributed by atoms with Gasteiger partial charge in [0.1, 0.15) is 30.2 Å². The van der Waals surface area contributed by atoms with Crippen molar-refractivity contribution in [3.63, 3.8) is 0 Å². The summed E-state index contributed by atoms with van der Waals surface area (Å²) in [5, 5.41) is 22.8. The van der Waals surface area contributed by atoms with Gasteiger partial charge in [0.25, 0.3) is 10.1 Å². The van der Waals surface area contributed by atoms with Gasteiger partial charge in [-0.2, -0.15) is 8.42 Å². The van der Waals surface area contributed by atoms with Gasteiger partial charge in [0.15, 0.2) is 0 Å². The Morgan fingerprint density at radius 2 is 1.08 bits per heavy atom. The molecule has 0 aliphatic rings. The van der Waals surface area contributed by atoms with Crippen LogP contribution in [0.3, 0.4) is 0 Å². The lowest BCUT2D eigenvalue weighted by Gasteiger charge is -2.30. The van der Waals surface area contributed by atoms with Crippen molar-refractivity contribution in [3.05, 3.63) is 71.8 Å². The maximum atomic E-state index is 14.0. The minimum atomic E-state index is -3.77. The molecule has 0 aliphatic heterocycles. The topological polar surface area (TPSA) is 315 Å². The summed E-state index contributed by atoms with van der Waals surface area (Å²) in [6.07, 6.45) is 2.77. The van der Waals surface area contributed by atoms with Crippen molar-refractivity contribution in [2.45, 2.75) is 116 Å². The average Bonchev–Trinajstić information content (AvgIpc) is 3.20. The highest BCUT2D eigenvalue weighted by atomic mass is 32.2. The first-order valence-electron chi connectivity index (χ1n) is 20.2. The molecule has 0 aliphatic carbocycles. The van der Waals surface area contributed by atoms with Crippen LogP contribution in [0.25, 0.3) is 0 Å². The molecule has 336 valence electrons. The number of nitrogens with two attached hydrogens (primary N) is 3. The number of aliphatic carboxylic acids is 1. The first-order chi connectivity index (χ1) is 28.2. The third kappa shape index (κ3) is 20.8. The van der Waals surface area contributed by atoms with E-state index in [-0.39, 0.29) is 24.5 Å². The summed E-state index contributed by atoms with van der Waals surface area (Å²) in [5.74, 6) is -5.26. The van der Waals surface area contributed by atoms with Crippen molar-refractivity contribution in [1.29, 1.82) is 0 Å². The van der Waals surface area contributed by atoms with Crippen molar-refractivity contribution >= 4 is 45.6 Å². The third-order valence-electron chi connectivity index (χ3n) is 9.51. The Hall–Kier alpha value is -4.95. The van der Waals surface area contributed by atoms with Crippen molar-refractivity contribution < 1.29 is 46.8 Å². The third-order valence-corrected chi connectivity index (χ3v) is 10.3. The quantitative estimate of drug-likeness (QED) is 0.0478. The fraction of sp³-hybridized carbons (Fsp3) is 0.561. The van der Waals surface area contributed by atoms with Crippen LogP contribution in [-0.4, -0.2) is 109 Å². The van der Waals surface area contributed by atoms with Crippen LogP contribution in [0.5, 0.6) is 0 Å². The van der Waals surface area contributed by atoms with Gasteiger partial charge in [-0.05, 0) is 62.2 Å². The van der Waals surface area contributed by atoms with Crippen LogP contribution in [-0.2, 0) is 51.7 Å². The Morgan fingerprint density at radius 3 is 1.50 bits per heavy atom. The lowest BCUT2D eigenvalue weighted by atomic mass is 9.95. The second-order valence-electron chi connectivity index (χ2n) is 15.0. The Balaban J connectivity index is 0.00000203. The molecule has 2 rings (SSSR count). The van der Waals surface area contributed by atoms with Crippen LogP contribution in [0, 0.1) is 11.8 Å². The Labute approximate surface area is 353 Å². The molecule has 5 amide bonds. The predicted octanol–water partition coefficient (Wildman–Crippen LogP) is 0.382. The molecular formula is C41H66N8O10S. The Kier molecular flexibility index (Phi) is 24.5. The summed E-state index contributed by atoms with van der Waals surface area (Å²) < 4.78 is 27.8. The second-order valence-corrected chi connectivity index (χ2v) is 16.6. The first-order valence-corrected chi connectivity index (χ1v) is 21.8. The Bertz CT molecular complexity index is 1750. The number of hydrogen-bond donors (Lipinski definition) is 10. The maximum Gasteiger partial charge on any atom is 0.325 e. The van der Waals surface area contributed by atoms with Gasteiger partial charge >= 0.3 is 5.97 Å². The molecule has 0 unspecified atom stereocenters. The predicted molar refractivity (Wildman–Crippen MR) is 229 cm³/mol. The highest BCUT2D eigenvalue weighted by Crippen LogP contribution is 2.13. The van der Waals surface area contributed by atoms with E-state index in [4.69, 9.17) is 21.8 Å². The number of amides is 5. The van der Waals surface area contributed by atoms with E-state index < -0.39 is 87.8 Å². The monoisotopic (exact) mass is 862 g/mol. The summed E-state index contributed by atoms with van der Waals surface area (Å²) in [4.78, 5) is 79.3. The van der Waals surface area contributed by atoms with Crippen LogP contribution in [0.1, 0.15) is 77.8 Å². The van der Waals surface area contributed by atoms with E-state index in [0.717, 1.165) is 17.5 Å². The zero-order chi connectivity index (χ0) is 45.4. The molecule has 2 aromatic carbocycles. The highest BCUT2D eigenvalue weighted by molar-refractivity contribution is 7.85. The van der Waals surface area contributed by atoms with Crippen molar-refractivity contribution in [2.75, 3.05) is 18.8 Å². The summed E-state index contributed by atoms with van der Waals surface area (Å²) in [6.45, 7) is 9.26. The van der Waals surface area contributed by atoms with Gasteiger partial charge in [-0.25, -0.2) is 0 Å². The Morgan fingerprint density at radius 1 is 0.633 bits per heavy atom. The molecular weight excluding hydrogens is 797 g/mol. The van der Waals surface area contributed by atoms with Crippen LogP contribution in [0.4, 0.5) is 0 Å². The first kappa shape index (κ1) is 53.1. The molecule has 0 saturated heterocycles. The molecule has 2 aromatic rings. The highest BCUT2D eigenvalue weighted by Gasteiger charge is 2.35. The normalized spacial score (nSPS) is 14.7. The summed E-state index contributed by atoms with van der Waals surface area (Å²) >= 11 is 0. The van der Waals surface area contributed by atoms with E-state index in [9.17, 15) is 42.3 Å². The fourth-order valence-corrected chi connectivity index (χ4v) is 6.20. The van der Waals surface area contributed by atoms with E-state index in [1.54, 1.807) is 68.4 Å². The summed E-state index contributed by atoms with van der Waals surface area (Å²) in [7, 11) is -3.77. The fourth-order valence-electron chi connectivity index (χ4n) is 5.67. The van der Waals surface area contributed by atoms with Gasteiger partial charge in [-0.3, -0.25) is 33.3 Å². The van der Waals surface area contributed by atoms with Crippen molar-refractivity contribution in [1.82, 2.24) is 26.6 Å². The number of benzene rings is 2. The van der Waals surface area contributed by atoms with E-state index in [1.165, 1.54) is 6.92 Å². The molecule has 13 N–H and O–H groups in total. The summed E-state index contributed by atoms with van der Waals surface area (Å²) in [6, 6.07) is 11.4. The SMILES string of the molecule is CC[C@H](C)[C@H](NC(=O)[C@@H](N)CCCCN)C(=O)N[C@H](C(=O)N[C@@H](Cc1ccccc1)C(=O)N[C@@H](Cc1ccccc1)C(=O)N[C@@H](C)C(=O)O)C(C)C.NCCCS(=O)(=O)O. The number of carboxylic acids is 1. The molecule has 19 heteroatoms. The van der Waals surface area contributed by atoms with Crippen LogP contribution >= 0.6 is 0 Å². The number of hydrogen-bond acceptors (Lipinski definition) is 11. The molecule has 18 nitrogen and oxygen atoms in total. The number of carbonyl (C=O) groups excluding carboxylic acids is 5. The van der Waals surface area contributed by atoms with Gasteiger partial charge in [0, 0.05) is 12.8 Å². The van der Waals surface area contributed by atoms with Crippen molar-refractivity contribution in [3.8, 4) is 0 Å². The largest absolute Gasteiger partial charge is 0.480 e. The number of nitrogens with one attached hydrogen (secondary N) is 5. The summed E-state index contributed by atoms with van der Waals surface area (Å²) in [5.41, 5.74) is 18.0. The van der Waals surface area contributed by atoms with Crippen LogP contribution in [0.15, 0.2) is 60.7 Å². The smallest absolute Gasteiger partial charge is 0.325 e. The number of rotatable bonds is 25. The standard InChI is InChI=1S/C38H57N7O7.C3H9NO3S/c1-6-24(4)32(45-33(46)28(40)19-13-14-20-39)37(50)44-31(23(2)3)36(49)43-30(22-27-17-11-8-12-18-27)35(48)42-29(21-26-15-9-7-10-16-26)34(47)41-25(5)38(51)52;4-2-1-3-8(5,6)7/h7-12,15-18,23-25,28-32H,6,13-14,19-22,39-40H2,1-5H3,(H,41,47)(H,42,48)(H,43,49)(H,44,50)(H,45,46)(H,51,52);1-4H2,(H,5,6,7)/t24-,25-,28-,29-,30-,31-,32-;/m0./s1. The van der Waals surface area contributed by atoms with Crippen molar-refractivity contribution in [2.24, 2.45) is 29.0 Å². The lowest BCUT2D eigenvalue weighted by molar-refractivity contribution is -0.141. The van der Waals surface area contributed by atoms with E-state index >= 15 is 0 Å². The molecule has 0 bridgehead atoms. The minimum absolute atomic E-state index is 0.0516. The molecule has 60 heavy (non-hydrogen) atoms. The zero-order valence-corrected chi connectivity index (χ0v) is 36.1. The molecule has 0 saturated carbocycles. The zero-order valence-electron chi connectivity index (χ0n) is 35.3. The van der Waals surface area contributed by atoms with Crippen LogP contribution < -0.4 is 43.8 Å². The molecule has 0 fully saturated rings. The van der Waals surface area contributed by atoms with Gasteiger partial charge in [0.2, 0.25) is 29.5 Å². The van der Waals surface area contributed by atoms with Gasteiger partial charge in [-0.1, -0.05) is 101 Å². The molecule has 0 heterocycles. The van der Waals surface area contributed by atoms with E-state index in [2.05, 4.69) is 26.6 Å². The lowest BCUT2D eigenvalue weighted by Crippen LogP contribution is -2.61. The van der Waals surface area contributed by atoms with Gasteiger partial charge in [-0.15, -0.1) is 0 Å². The second kappa shape index (κ2) is 27.7. The van der Waals surface area contributed by atoms with E-state index in [0.29, 0.717) is 38.8 Å².